The van der Waals surface area contributed by atoms with Crippen LogP contribution in [0.15, 0.2) is 54.6 Å². The second kappa shape index (κ2) is 7.32. The molecule has 0 atom stereocenters. The van der Waals surface area contributed by atoms with Crippen LogP contribution in [0.5, 0.6) is 5.75 Å². The second-order valence-corrected chi connectivity index (χ2v) is 5.91. The number of para-hydroxylation sites is 1. The van der Waals surface area contributed by atoms with E-state index in [0.29, 0.717) is 5.75 Å². The quantitative estimate of drug-likeness (QED) is 0.671. The Hall–Kier alpha value is -3.00. The molecule has 0 fully saturated rings. The molecule has 1 aromatic heterocycles. The molecule has 0 saturated carbocycles. The van der Waals surface area contributed by atoms with Crippen molar-refractivity contribution >= 4 is 17.6 Å². The van der Waals surface area contributed by atoms with Crippen LogP contribution in [-0.2, 0) is 12.8 Å². The van der Waals surface area contributed by atoms with Crippen molar-refractivity contribution in [1.82, 2.24) is 9.78 Å². The van der Waals surface area contributed by atoms with Gasteiger partial charge < -0.3 is 9.84 Å². The van der Waals surface area contributed by atoms with Crippen LogP contribution >= 0.6 is 11.6 Å². The highest BCUT2D eigenvalue weighted by molar-refractivity contribution is 6.32. The zero-order valence-electron chi connectivity index (χ0n) is 13.6. The number of hydrogen-bond donors (Lipinski definition) is 1. The molecular formula is C18H12ClF3N2O3. The third-order valence-electron chi connectivity index (χ3n) is 3.64. The summed E-state index contributed by atoms with van der Waals surface area (Å²) in [6, 6.07) is 12.8. The Balaban J connectivity index is 1.90. The first-order valence-electron chi connectivity index (χ1n) is 7.63. The summed E-state index contributed by atoms with van der Waals surface area (Å²) < 4.78 is 45.8. The van der Waals surface area contributed by atoms with Gasteiger partial charge in [-0.2, -0.15) is 18.3 Å². The molecule has 9 heteroatoms. The minimum atomic E-state index is -4.62. The highest BCUT2D eigenvalue weighted by Gasteiger charge is 2.35. The summed E-state index contributed by atoms with van der Waals surface area (Å²) in [6.45, 7) is -0.222. The third kappa shape index (κ3) is 4.22. The number of aromatic nitrogens is 2. The van der Waals surface area contributed by atoms with Crippen molar-refractivity contribution in [2.24, 2.45) is 0 Å². The van der Waals surface area contributed by atoms with Crippen LogP contribution in [0.4, 0.5) is 13.2 Å². The summed E-state index contributed by atoms with van der Waals surface area (Å²) in [5.41, 5.74) is -0.572. The van der Waals surface area contributed by atoms with Crippen LogP contribution in [0.3, 0.4) is 0 Å². The fourth-order valence-electron chi connectivity index (χ4n) is 2.34. The van der Waals surface area contributed by atoms with Gasteiger partial charge >= 0.3 is 12.1 Å². The first kappa shape index (κ1) is 18.8. The SMILES string of the molecule is O=C(O)c1ccc(OCc2cc(C(F)(F)F)nn2-c2ccccc2Cl)cc1. The van der Waals surface area contributed by atoms with E-state index in [1.807, 2.05) is 0 Å². The maximum atomic E-state index is 13.1. The molecule has 5 nitrogen and oxygen atoms in total. The van der Waals surface area contributed by atoms with Gasteiger partial charge in [-0.25, -0.2) is 9.48 Å². The second-order valence-electron chi connectivity index (χ2n) is 5.50. The van der Waals surface area contributed by atoms with E-state index in [2.05, 4.69) is 5.10 Å². The normalized spacial score (nSPS) is 11.4. The average Bonchev–Trinajstić information content (AvgIpc) is 3.05. The van der Waals surface area contributed by atoms with E-state index in [0.717, 1.165) is 10.7 Å². The Bertz CT molecular complexity index is 969. The molecule has 0 unspecified atom stereocenters. The Morgan fingerprint density at radius 1 is 1.15 bits per heavy atom. The van der Waals surface area contributed by atoms with Crippen LogP contribution in [-0.4, -0.2) is 20.9 Å². The van der Waals surface area contributed by atoms with Crippen LogP contribution in [0.25, 0.3) is 5.69 Å². The summed E-state index contributed by atoms with van der Waals surface area (Å²) in [6.07, 6.45) is -4.62. The maximum Gasteiger partial charge on any atom is 0.435 e. The summed E-state index contributed by atoms with van der Waals surface area (Å²) in [4.78, 5) is 10.9. The number of aromatic carboxylic acids is 1. The van der Waals surface area contributed by atoms with Crippen LogP contribution in [0, 0.1) is 0 Å². The first-order valence-corrected chi connectivity index (χ1v) is 8.00. The Labute approximate surface area is 156 Å². The van der Waals surface area contributed by atoms with Crippen molar-refractivity contribution in [1.29, 1.82) is 0 Å². The minimum Gasteiger partial charge on any atom is -0.487 e. The van der Waals surface area contributed by atoms with Crippen molar-refractivity contribution in [2.75, 3.05) is 0 Å². The standard InChI is InChI=1S/C18H12ClF3N2O3/c19-14-3-1-2-4-15(14)24-12(9-16(23-24)18(20,21)22)10-27-13-7-5-11(6-8-13)17(25)26/h1-9H,10H2,(H,25,26). The number of carboxylic acid groups (broad SMARTS) is 1. The van der Waals surface area contributed by atoms with Gasteiger partial charge in [0.1, 0.15) is 12.4 Å². The van der Waals surface area contributed by atoms with Crippen LogP contribution < -0.4 is 4.74 Å². The summed E-state index contributed by atoms with van der Waals surface area (Å²) in [5.74, 6) is -0.784. The van der Waals surface area contributed by atoms with Crippen LogP contribution in [0.1, 0.15) is 21.7 Å². The molecule has 0 bridgehead atoms. The third-order valence-corrected chi connectivity index (χ3v) is 3.96. The van der Waals surface area contributed by atoms with Gasteiger partial charge in [-0.05, 0) is 42.5 Å². The van der Waals surface area contributed by atoms with E-state index in [1.165, 1.54) is 24.3 Å². The number of carboxylic acids is 1. The molecule has 0 aliphatic rings. The van der Waals surface area contributed by atoms with E-state index >= 15 is 0 Å². The molecule has 2 aromatic carbocycles. The Morgan fingerprint density at radius 3 is 2.41 bits per heavy atom. The molecule has 3 aromatic rings. The largest absolute Gasteiger partial charge is 0.487 e. The predicted molar refractivity (Wildman–Crippen MR) is 91.3 cm³/mol. The van der Waals surface area contributed by atoms with Crippen molar-refractivity contribution in [3.63, 3.8) is 0 Å². The molecule has 3 rings (SSSR count). The molecule has 0 radical (unpaired) electrons. The molecular weight excluding hydrogens is 385 g/mol. The number of alkyl halides is 3. The molecule has 1 N–H and O–H groups in total. The lowest BCUT2D eigenvalue weighted by atomic mass is 10.2. The number of rotatable bonds is 5. The molecule has 0 spiro atoms. The zero-order valence-corrected chi connectivity index (χ0v) is 14.3. The number of halogens is 4. The summed E-state index contributed by atoms with van der Waals surface area (Å²) >= 11 is 6.08. The molecule has 0 aliphatic heterocycles. The van der Waals surface area contributed by atoms with Gasteiger partial charge in [0.05, 0.1) is 22.0 Å². The summed E-state index contributed by atoms with van der Waals surface area (Å²) in [5, 5.41) is 12.7. The van der Waals surface area contributed by atoms with Gasteiger partial charge in [0.15, 0.2) is 5.69 Å². The Morgan fingerprint density at radius 2 is 1.81 bits per heavy atom. The van der Waals surface area contributed by atoms with E-state index in [4.69, 9.17) is 21.4 Å². The van der Waals surface area contributed by atoms with Gasteiger partial charge in [0.25, 0.3) is 0 Å². The topological polar surface area (TPSA) is 64.3 Å². The minimum absolute atomic E-state index is 0.0721. The summed E-state index contributed by atoms with van der Waals surface area (Å²) in [7, 11) is 0. The predicted octanol–water partition coefficient (Wildman–Crippen LogP) is 4.82. The lowest BCUT2D eigenvalue weighted by molar-refractivity contribution is -0.141. The molecule has 0 aliphatic carbocycles. The smallest absolute Gasteiger partial charge is 0.435 e. The zero-order chi connectivity index (χ0) is 19.6. The first-order chi connectivity index (χ1) is 12.8. The molecule has 0 saturated heterocycles. The van der Waals surface area contributed by atoms with E-state index in [9.17, 15) is 18.0 Å². The van der Waals surface area contributed by atoms with Crippen molar-refractivity contribution in [2.45, 2.75) is 12.8 Å². The molecule has 27 heavy (non-hydrogen) atoms. The van der Waals surface area contributed by atoms with Crippen LogP contribution in [0.2, 0.25) is 5.02 Å². The lowest BCUT2D eigenvalue weighted by Gasteiger charge is -2.10. The van der Waals surface area contributed by atoms with E-state index < -0.39 is 17.8 Å². The number of carbonyl (C=O) groups is 1. The van der Waals surface area contributed by atoms with Gasteiger partial charge in [-0.15, -0.1) is 0 Å². The van der Waals surface area contributed by atoms with Crippen molar-refractivity contribution in [3.05, 3.63) is 76.6 Å². The van der Waals surface area contributed by atoms with Gasteiger partial charge in [0, 0.05) is 0 Å². The number of benzene rings is 2. The fourth-order valence-corrected chi connectivity index (χ4v) is 2.56. The highest BCUT2D eigenvalue weighted by Crippen LogP contribution is 2.31. The van der Waals surface area contributed by atoms with E-state index in [1.54, 1.807) is 24.3 Å². The van der Waals surface area contributed by atoms with Gasteiger partial charge in [-0.1, -0.05) is 23.7 Å². The number of hydrogen-bond acceptors (Lipinski definition) is 3. The molecule has 140 valence electrons. The average molecular weight is 397 g/mol. The maximum absolute atomic E-state index is 13.1. The highest BCUT2D eigenvalue weighted by atomic mass is 35.5. The fraction of sp³-hybridized carbons (Fsp3) is 0.111. The monoisotopic (exact) mass is 396 g/mol. The molecule has 1 heterocycles. The number of ether oxygens (including phenoxy) is 1. The van der Waals surface area contributed by atoms with Gasteiger partial charge in [-0.3, -0.25) is 0 Å². The van der Waals surface area contributed by atoms with Crippen molar-refractivity contribution < 1.29 is 27.8 Å². The Kier molecular flexibility index (Phi) is 5.09. The molecule has 0 amide bonds. The number of nitrogens with zero attached hydrogens (tertiary/aromatic N) is 2. The van der Waals surface area contributed by atoms with E-state index in [-0.39, 0.29) is 28.6 Å². The van der Waals surface area contributed by atoms with Gasteiger partial charge in [0.2, 0.25) is 0 Å². The lowest BCUT2D eigenvalue weighted by Crippen LogP contribution is -2.08. The van der Waals surface area contributed by atoms with Crippen molar-refractivity contribution in [3.8, 4) is 11.4 Å².